The third-order valence-electron chi connectivity index (χ3n) is 8.39. The second-order valence-corrected chi connectivity index (χ2v) is 13.6. The number of nitrogens with zero attached hydrogens (tertiary/aromatic N) is 1. The monoisotopic (exact) mass is 646 g/mol. The van der Waals surface area contributed by atoms with Crippen LogP contribution in [-0.4, -0.2) is 46.3 Å². The number of thioether (sulfide) groups is 1. The Hall–Kier alpha value is -4.18. The molecular weight excluding hydrogens is 606 g/mol. The van der Waals surface area contributed by atoms with Crippen LogP contribution in [-0.2, 0) is 17.6 Å². The SMILES string of the molecule is CN/C1=N\C(=N)C(c2cccc(CCC(=O)O)c2)CCCC(C)(C)CSCCc2c(c(F)cc3[nH]ccc23)Oc2ccc(F)c1c2. The van der Waals surface area contributed by atoms with E-state index in [1.165, 1.54) is 24.3 Å². The third-order valence-corrected chi connectivity index (χ3v) is 9.87. The highest BCUT2D eigenvalue weighted by atomic mass is 32.2. The molecule has 2 bridgehead atoms. The predicted molar refractivity (Wildman–Crippen MR) is 182 cm³/mol. The Morgan fingerprint density at radius 1 is 1.17 bits per heavy atom. The predicted octanol–water partition coefficient (Wildman–Crippen LogP) is 8.47. The van der Waals surface area contributed by atoms with Crippen LogP contribution in [0.25, 0.3) is 10.9 Å². The van der Waals surface area contributed by atoms with Crippen molar-refractivity contribution in [1.29, 1.82) is 5.41 Å². The van der Waals surface area contributed by atoms with Gasteiger partial charge in [0.25, 0.3) is 0 Å². The van der Waals surface area contributed by atoms with Gasteiger partial charge in [0.2, 0.25) is 0 Å². The Balaban J connectivity index is 1.57. The molecule has 1 unspecified atom stereocenters. The minimum atomic E-state index is -0.866. The normalized spacial score (nSPS) is 18.8. The van der Waals surface area contributed by atoms with Crippen molar-refractivity contribution in [3.8, 4) is 11.5 Å². The minimum Gasteiger partial charge on any atom is -0.481 e. The highest BCUT2D eigenvalue weighted by Crippen LogP contribution is 2.37. The maximum atomic E-state index is 15.5. The Morgan fingerprint density at radius 3 is 2.78 bits per heavy atom. The van der Waals surface area contributed by atoms with Crippen LogP contribution in [0.15, 0.2) is 65.8 Å². The number of rotatable bonds is 4. The highest BCUT2D eigenvalue weighted by Gasteiger charge is 2.24. The average Bonchev–Trinajstić information content (AvgIpc) is 3.49. The number of carboxylic acid groups (broad SMARTS) is 1. The first-order valence-electron chi connectivity index (χ1n) is 15.5. The molecule has 10 heteroatoms. The summed E-state index contributed by atoms with van der Waals surface area (Å²) in [4.78, 5) is 18.9. The topological polar surface area (TPSA) is 111 Å². The molecule has 0 amide bonds. The van der Waals surface area contributed by atoms with Crippen LogP contribution in [0.2, 0.25) is 0 Å². The number of halogens is 2. The van der Waals surface area contributed by atoms with Gasteiger partial charge < -0.3 is 20.1 Å². The van der Waals surface area contributed by atoms with Crippen molar-refractivity contribution in [1.82, 2.24) is 10.3 Å². The van der Waals surface area contributed by atoms with Crippen LogP contribution < -0.4 is 10.1 Å². The zero-order valence-electron chi connectivity index (χ0n) is 26.4. The Morgan fingerprint density at radius 2 is 2.00 bits per heavy atom. The fourth-order valence-corrected chi connectivity index (χ4v) is 7.15. The Kier molecular flexibility index (Phi) is 10.5. The lowest BCUT2D eigenvalue weighted by molar-refractivity contribution is -0.136. The lowest BCUT2D eigenvalue weighted by Gasteiger charge is -2.26. The molecule has 1 aliphatic heterocycles. The van der Waals surface area contributed by atoms with Crippen molar-refractivity contribution in [2.45, 2.75) is 58.3 Å². The number of aromatic nitrogens is 1. The quantitative estimate of drug-likeness (QED) is 0.178. The van der Waals surface area contributed by atoms with Gasteiger partial charge in [0.05, 0.1) is 5.56 Å². The molecule has 0 spiro atoms. The maximum absolute atomic E-state index is 15.5. The standard InChI is InChI=1S/C36H40F2N4O3S/c1-36(2)15-5-8-25(23-7-4-6-22(18-23)9-12-32(43)44)34(39)42-35(40-3)28-19-24(10-11-29(28)37)45-33-27(14-17-46-21-36)26-13-16-41-31(26)20-30(33)38/h4,6-7,10-11,13,16,18-20,25,41H,5,8-9,12,14-15,17,21H2,1-3H3,(H,43,44)(H2,39,40,42). The molecule has 0 radical (unpaired) electrons. The van der Waals surface area contributed by atoms with Crippen LogP contribution in [0.3, 0.4) is 0 Å². The zero-order valence-corrected chi connectivity index (χ0v) is 27.2. The van der Waals surface area contributed by atoms with Crippen molar-refractivity contribution in [2.75, 3.05) is 18.6 Å². The van der Waals surface area contributed by atoms with Crippen LogP contribution in [0.1, 0.15) is 67.7 Å². The summed E-state index contributed by atoms with van der Waals surface area (Å²) in [5.41, 5.74) is 3.30. The second-order valence-electron chi connectivity index (χ2n) is 12.5. The number of nitrogens with one attached hydrogen (secondary N) is 3. The van der Waals surface area contributed by atoms with Gasteiger partial charge in [-0.05, 0) is 78.0 Å². The van der Waals surface area contributed by atoms with Crippen molar-refractivity contribution in [3.05, 3.63) is 94.7 Å². The number of aryl methyl sites for hydroxylation is 2. The molecule has 4 N–H and O–H groups in total. The van der Waals surface area contributed by atoms with Crippen LogP contribution in [0, 0.1) is 22.5 Å². The number of aromatic amines is 1. The number of hydrogen-bond donors (Lipinski definition) is 4. The summed E-state index contributed by atoms with van der Waals surface area (Å²) in [6.45, 7) is 4.47. The fourth-order valence-electron chi connectivity index (χ4n) is 5.96. The van der Waals surface area contributed by atoms with Crippen molar-refractivity contribution < 1.29 is 23.4 Å². The molecule has 1 atom stereocenters. The molecule has 46 heavy (non-hydrogen) atoms. The van der Waals surface area contributed by atoms with Gasteiger partial charge in [-0.2, -0.15) is 11.8 Å². The average molecular weight is 647 g/mol. The summed E-state index contributed by atoms with van der Waals surface area (Å²) in [5.74, 6) is -0.0659. The smallest absolute Gasteiger partial charge is 0.303 e. The van der Waals surface area contributed by atoms with E-state index in [4.69, 9.17) is 10.1 Å². The number of hydrogen-bond acceptors (Lipinski definition) is 5. The molecule has 5 rings (SSSR count). The van der Waals surface area contributed by atoms with E-state index >= 15 is 8.78 Å². The van der Waals surface area contributed by atoms with Crippen molar-refractivity contribution in [2.24, 2.45) is 10.4 Å². The van der Waals surface area contributed by atoms with Gasteiger partial charge in [-0.3, -0.25) is 10.2 Å². The van der Waals surface area contributed by atoms with Gasteiger partial charge in [-0.25, -0.2) is 13.8 Å². The number of aliphatic carboxylic acids is 1. The van der Waals surface area contributed by atoms with Gasteiger partial charge in [-0.15, -0.1) is 0 Å². The zero-order chi connectivity index (χ0) is 32.8. The number of aliphatic imine (C=N–C) groups is 1. The molecule has 0 aliphatic carbocycles. The summed E-state index contributed by atoms with van der Waals surface area (Å²) < 4.78 is 37.0. The number of ether oxygens (including phenoxy) is 1. The highest BCUT2D eigenvalue weighted by molar-refractivity contribution is 7.99. The van der Waals surface area contributed by atoms with Crippen LogP contribution in [0.4, 0.5) is 8.78 Å². The molecule has 0 saturated heterocycles. The lowest BCUT2D eigenvalue weighted by Crippen LogP contribution is -2.24. The number of amidine groups is 2. The van der Waals surface area contributed by atoms with Gasteiger partial charge in [0.15, 0.2) is 11.6 Å². The summed E-state index contributed by atoms with van der Waals surface area (Å²) in [6, 6.07) is 15.2. The molecule has 7 nitrogen and oxygen atoms in total. The van der Waals surface area contributed by atoms with E-state index in [-0.39, 0.29) is 46.5 Å². The minimum absolute atomic E-state index is 0.0107. The molecule has 0 saturated carbocycles. The lowest BCUT2D eigenvalue weighted by atomic mass is 9.85. The van der Waals surface area contributed by atoms with E-state index in [2.05, 4.69) is 29.1 Å². The molecule has 0 fully saturated rings. The van der Waals surface area contributed by atoms with Gasteiger partial charge >= 0.3 is 5.97 Å². The van der Waals surface area contributed by atoms with Gasteiger partial charge in [0, 0.05) is 48.1 Å². The van der Waals surface area contributed by atoms with E-state index in [0.717, 1.165) is 46.4 Å². The molecule has 242 valence electrons. The summed E-state index contributed by atoms with van der Waals surface area (Å²) >= 11 is 1.82. The first-order valence-corrected chi connectivity index (χ1v) is 16.7. The first kappa shape index (κ1) is 33.2. The fraction of sp³-hybridized carbons (Fsp3) is 0.361. The van der Waals surface area contributed by atoms with Crippen molar-refractivity contribution >= 4 is 40.3 Å². The Labute approximate surface area is 272 Å². The van der Waals surface area contributed by atoms with E-state index < -0.39 is 17.6 Å². The van der Waals surface area contributed by atoms with E-state index in [1.807, 2.05) is 42.1 Å². The molecule has 4 aromatic rings. The van der Waals surface area contributed by atoms with Crippen LogP contribution >= 0.6 is 11.8 Å². The second kappa shape index (κ2) is 14.5. The number of carboxylic acids is 1. The number of H-pyrrole nitrogens is 1. The molecular formula is C36H40F2N4O3S. The molecule has 3 aromatic carbocycles. The van der Waals surface area contributed by atoms with Gasteiger partial charge in [0.1, 0.15) is 23.2 Å². The van der Waals surface area contributed by atoms with Crippen LogP contribution in [0.5, 0.6) is 11.5 Å². The summed E-state index contributed by atoms with van der Waals surface area (Å²) in [7, 11) is 1.62. The molecule has 2 heterocycles. The molecule has 1 aliphatic rings. The molecule has 1 aromatic heterocycles. The first-order chi connectivity index (χ1) is 22.0. The third kappa shape index (κ3) is 7.96. The number of carbonyl (C=O) groups is 1. The summed E-state index contributed by atoms with van der Waals surface area (Å²) in [5, 5.41) is 22.1. The van der Waals surface area contributed by atoms with Crippen molar-refractivity contribution in [3.63, 3.8) is 0 Å². The maximum Gasteiger partial charge on any atom is 0.303 e. The van der Waals surface area contributed by atoms with Gasteiger partial charge in [-0.1, -0.05) is 44.5 Å². The number of benzene rings is 3. The van der Waals surface area contributed by atoms with E-state index in [1.54, 1.807) is 13.2 Å². The van der Waals surface area contributed by atoms with E-state index in [9.17, 15) is 9.90 Å². The Bertz CT molecular complexity index is 1770. The van der Waals surface area contributed by atoms with E-state index in [0.29, 0.717) is 24.8 Å². The largest absolute Gasteiger partial charge is 0.481 e. The number of fused-ring (bicyclic) bond motifs is 5. The summed E-state index contributed by atoms with van der Waals surface area (Å²) in [6.07, 6.45) is 5.18.